The second-order valence-corrected chi connectivity index (χ2v) is 6.30. The number of para-hydroxylation sites is 1. The Morgan fingerprint density at radius 2 is 1.77 bits per heavy atom. The highest BCUT2D eigenvalue weighted by Crippen LogP contribution is 2.31. The number of benzene rings is 2. The van der Waals surface area contributed by atoms with Crippen LogP contribution in [0.4, 0.5) is 0 Å². The molecule has 6 nitrogen and oxygen atoms in total. The average Bonchev–Trinajstić information content (AvgIpc) is 3.36. The molecule has 0 bridgehead atoms. The lowest BCUT2D eigenvalue weighted by molar-refractivity contribution is 0.411. The fourth-order valence-corrected chi connectivity index (χ4v) is 3.06. The second-order valence-electron chi connectivity index (χ2n) is 5.37. The third kappa shape index (κ3) is 3.48. The van der Waals surface area contributed by atoms with E-state index in [1.165, 1.54) is 11.8 Å². The van der Waals surface area contributed by atoms with Crippen LogP contribution < -0.4 is 4.74 Å². The van der Waals surface area contributed by atoms with Crippen molar-refractivity contribution >= 4 is 11.8 Å². The molecule has 0 N–H and O–H groups in total. The van der Waals surface area contributed by atoms with Crippen molar-refractivity contribution in [1.82, 2.24) is 15.2 Å². The van der Waals surface area contributed by atoms with Crippen molar-refractivity contribution in [2.24, 2.45) is 0 Å². The number of oxazole rings is 1. The predicted molar refractivity (Wildman–Crippen MR) is 97.8 cm³/mol. The Balaban J connectivity index is 1.45. The summed E-state index contributed by atoms with van der Waals surface area (Å²) in [5.74, 6) is 2.29. The zero-order valence-corrected chi connectivity index (χ0v) is 14.8. The minimum absolute atomic E-state index is 0.426. The molecular weight excluding hydrogens is 350 g/mol. The van der Waals surface area contributed by atoms with Crippen LogP contribution in [0.25, 0.3) is 22.9 Å². The van der Waals surface area contributed by atoms with E-state index in [2.05, 4.69) is 15.2 Å². The third-order valence-corrected chi connectivity index (χ3v) is 4.51. The first-order valence-corrected chi connectivity index (χ1v) is 8.91. The zero-order valence-electron chi connectivity index (χ0n) is 14.0. The molecular formula is C19H15N3O3S. The Hall–Kier alpha value is -3.06. The number of aromatic nitrogens is 3. The average molecular weight is 365 g/mol. The van der Waals surface area contributed by atoms with Gasteiger partial charge >= 0.3 is 0 Å². The number of hydrogen-bond donors (Lipinski definition) is 0. The Kier molecular flexibility index (Phi) is 4.70. The molecule has 2 heterocycles. The summed E-state index contributed by atoms with van der Waals surface area (Å²) in [5, 5.41) is 8.65. The summed E-state index contributed by atoms with van der Waals surface area (Å²) >= 11 is 1.41. The van der Waals surface area contributed by atoms with E-state index in [1.807, 2.05) is 54.6 Å². The topological polar surface area (TPSA) is 74.2 Å². The normalized spacial score (nSPS) is 10.8. The summed E-state index contributed by atoms with van der Waals surface area (Å²) in [6.45, 7) is 0. The number of nitrogens with zero attached hydrogens (tertiary/aromatic N) is 3. The highest BCUT2D eigenvalue weighted by atomic mass is 32.2. The first kappa shape index (κ1) is 16.4. The quantitative estimate of drug-likeness (QED) is 0.459. The molecule has 0 aliphatic rings. The molecule has 0 aliphatic carbocycles. The fraction of sp³-hybridized carbons (Fsp3) is 0.105. The van der Waals surface area contributed by atoms with Gasteiger partial charge in [-0.25, -0.2) is 4.98 Å². The van der Waals surface area contributed by atoms with Crippen molar-refractivity contribution in [3.05, 3.63) is 66.6 Å². The Morgan fingerprint density at radius 3 is 2.62 bits per heavy atom. The number of rotatable bonds is 6. The lowest BCUT2D eigenvalue weighted by Crippen LogP contribution is -1.87. The predicted octanol–water partition coefficient (Wildman–Crippen LogP) is 4.69. The van der Waals surface area contributed by atoms with E-state index in [9.17, 15) is 0 Å². The molecule has 0 saturated heterocycles. The van der Waals surface area contributed by atoms with Gasteiger partial charge in [-0.2, -0.15) is 0 Å². The minimum Gasteiger partial charge on any atom is -0.496 e. The summed E-state index contributed by atoms with van der Waals surface area (Å²) in [5.41, 5.74) is 2.52. The fourth-order valence-electron chi connectivity index (χ4n) is 2.42. The van der Waals surface area contributed by atoms with Gasteiger partial charge in [-0.1, -0.05) is 42.1 Å². The Labute approximate surface area is 154 Å². The molecule has 0 spiro atoms. The van der Waals surface area contributed by atoms with Crippen molar-refractivity contribution in [2.75, 3.05) is 7.11 Å². The highest BCUT2D eigenvalue weighted by molar-refractivity contribution is 7.98. The van der Waals surface area contributed by atoms with E-state index in [1.54, 1.807) is 13.4 Å². The summed E-state index contributed by atoms with van der Waals surface area (Å²) in [6.07, 6.45) is 1.65. The van der Waals surface area contributed by atoms with Gasteiger partial charge in [0, 0.05) is 11.3 Å². The second kappa shape index (κ2) is 7.45. The molecule has 2 aromatic carbocycles. The molecule has 0 unspecified atom stereocenters. The van der Waals surface area contributed by atoms with Gasteiger partial charge in [-0.15, -0.1) is 10.2 Å². The number of hydrogen-bond acceptors (Lipinski definition) is 7. The lowest BCUT2D eigenvalue weighted by atomic mass is 10.2. The molecule has 4 aromatic rings. The van der Waals surface area contributed by atoms with Crippen LogP contribution in [0.2, 0.25) is 0 Å². The molecule has 0 atom stereocenters. The van der Waals surface area contributed by atoms with Crippen LogP contribution in [0, 0.1) is 0 Å². The first-order chi connectivity index (χ1) is 12.8. The van der Waals surface area contributed by atoms with Gasteiger partial charge in [0.1, 0.15) is 12.0 Å². The van der Waals surface area contributed by atoms with Crippen LogP contribution in [0.3, 0.4) is 0 Å². The molecule has 130 valence electrons. The molecule has 0 fully saturated rings. The van der Waals surface area contributed by atoms with Gasteiger partial charge in [0.25, 0.3) is 11.1 Å². The van der Waals surface area contributed by atoms with E-state index in [4.69, 9.17) is 13.6 Å². The summed E-state index contributed by atoms with van der Waals surface area (Å²) in [7, 11) is 1.61. The van der Waals surface area contributed by atoms with Crippen LogP contribution >= 0.6 is 11.8 Å². The largest absolute Gasteiger partial charge is 0.496 e. The summed E-state index contributed by atoms with van der Waals surface area (Å²) in [6, 6.07) is 17.3. The molecule has 0 aliphatic heterocycles. The maximum absolute atomic E-state index is 5.73. The van der Waals surface area contributed by atoms with E-state index in [0.29, 0.717) is 28.5 Å². The molecule has 0 radical (unpaired) electrons. The molecule has 7 heteroatoms. The van der Waals surface area contributed by atoms with E-state index in [0.717, 1.165) is 16.8 Å². The smallest absolute Gasteiger partial charge is 0.277 e. The van der Waals surface area contributed by atoms with E-state index < -0.39 is 0 Å². The maximum Gasteiger partial charge on any atom is 0.277 e. The standard InChI is InChI=1S/C19H15N3O3S/c1-23-16-10-6-5-9-15(16)18-21-22-19(25-18)26-12-14-11-24-17(20-14)13-7-3-2-4-8-13/h2-11H,12H2,1H3. The van der Waals surface area contributed by atoms with Crippen molar-refractivity contribution in [1.29, 1.82) is 0 Å². The van der Waals surface area contributed by atoms with Gasteiger partial charge < -0.3 is 13.6 Å². The first-order valence-electron chi connectivity index (χ1n) is 7.93. The summed E-state index contributed by atoms with van der Waals surface area (Å²) < 4.78 is 16.6. The minimum atomic E-state index is 0.426. The molecule has 0 amide bonds. The van der Waals surface area contributed by atoms with Crippen molar-refractivity contribution in [3.8, 4) is 28.7 Å². The van der Waals surface area contributed by atoms with Crippen molar-refractivity contribution in [2.45, 2.75) is 11.0 Å². The van der Waals surface area contributed by atoms with E-state index in [-0.39, 0.29) is 0 Å². The monoisotopic (exact) mass is 365 g/mol. The third-order valence-electron chi connectivity index (χ3n) is 3.66. The zero-order chi connectivity index (χ0) is 17.8. The van der Waals surface area contributed by atoms with Crippen molar-refractivity contribution < 1.29 is 13.6 Å². The number of methoxy groups -OCH3 is 1. The van der Waals surface area contributed by atoms with Gasteiger partial charge in [0.2, 0.25) is 5.89 Å². The van der Waals surface area contributed by atoms with Gasteiger partial charge in [0.05, 0.1) is 18.4 Å². The number of ether oxygens (including phenoxy) is 1. The molecule has 0 saturated carbocycles. The van der Waals surface area contributed by atoms with Crippen LogP contribution in [-0.2, 0) is 5.75 Å². The Morgan fingerprint density at radius 1 is 0.962 bits per heavy atom. The van der Waals surface area contributed by atoms with Crippen molar-refractivity contribution in [3.63, 3.8) is 0 Å². The SMILES string of the molecule is COc1ccccc1-c1nnc(SCc2coc(-c3ccccc3)n2)o1. The van der Waals surface area contributed by atoms with Crippen LogP contribution in [0.1, 0.15) is 5.69 Å². The van der Waals surface area contributed by atoms with E-state index >= 15 is 0 Å². The van der Waals surface area contributed by atoms with Crippen LogP contribution in [0.15, 0.2) is 74.9 Å². The van der Waals surface area contributed by atoms with Gasteiger partial charge in [-0.05, 0) is 24.3 Å². The van der Waals surface area contributed by atoms with Crippen LogP contribution in [-0.4, -0.2) is 22.3 Å². The molecule has 4 rings (SSSR count). The van der Waals surface area contributed by atoms with Gasteiger partial charge in [-0.3, -0.25) is 0 Å². The Bertz CT molecular complexity index is 998. The maximum atomic E-state index is 5.73. The lowest BCUT2D eigenvalue weighted by Gasteiger charge is -2.03. The molecule has 2 aromatic heterocycles. The summed E-state index contributed by atoms with van der Waals surface area (Å²) in [4.78, 5) is 4.49. The molecule has 26 heavy (non-hydrogen) atoms. The highest BCUT2D eigenvalue weighted by Gasteiger charge is 2.14. The van der Waals surface area contributed by atoms with Gasteiger partial charge in [0.15, 0.2) is 0 Å². The number of thioether (sulfide) groups is 1. The van der Waals surface area contributed by atoms with Crippen LogP contribution in [0.5, 0.6) is 5.75 Å².